The van der Waals surface area contributed by atoms with Crippen LogP contribution in [0.25, 0.3) is 0 Å². The Hall–Kier alpha value is -0.930. The molecule has 19 heavy (non-hydrogen) atoms. The molecule has 1 aromatic rings. The molecule has 1 fully saturated rings. The zero-order chi connectivity index (χ0) is 13.2. The number of nitrogens with zero attached hydrogens (tertiary/aromatic N) is 1. The van der Waals surface area contributed by atoms with Gasteiger partial charge < -0.3 is 10.1 Å². The van der Waals surface area contributed by atoms with Gasteiger partial charge in [-0.3, -0.25) is 0 Å². The van der Waals surface area contributed by atoms with E-state index in [0.717, 1.165) is 13.0 Å². The van der Waals surface area contributed by atoms with E-state index in [0.29, 0.717) is 33.7 Å². The van der Waals surface area contributed by atoms with Crippen molar-refractivity contribution in [1.29, 1.82) is 0 Å². The van der Waals surface area contributed by atoms with Crippen molar-refractivity contribution in [2.45, 2.75) is 31.7 Å². The normalized spacial score (nSPS) is 26.1. The van der Waals surface area contributed by atoms with Gasteiger partial charge in [-0.25, -0.2) is 4.99 Å². The molecule has 2 atom stereocenters. The summed E-state index contributed by atoms with van der Waals surface area (Å²) in [6.07, 6.45) is 4.91. The zero-order valence-electron chi connectivity index (χ0n) is 10.5. The monoisotopic (exact) mass is 298 g/mol. The Morgan fingerprint density at radius 3 is 2.68 bits per heavy atom. The molecule has 1 aliphatic heterocycles. The Balaban J connectivity index is 1.78. The first-order chi connectivity index (χ1) is 9.24. The number of fused-ring (bicyclic) bond motifs is 1. The van der Waals surface area contributed by atoms with Crippen LogP contribution in [0, 0.1) is 5.92 Å². The smallest absolute Gasteiger partial charge is 0.289 e. The fraction of sp³-hybridized carbons (Fsp3) is 0.500. The van der Waals surface area contributed by atoms with Gasteiger partial charge in [0.05, 0.1) is 28.4 Å². The zero-order valence-corrected chi connectivity index (χ0v) is 12.0. The first-order valence-corrected chi connectivity index (χ1v) is 7.41. The van der Waals surface area contributed by atoms with Gasteiger partial charge in [0.2, 0.25) is 0 Å². The Kier molecular flexibility index (Phi) is 3.85. The van der Waals surface area contributed by atoms with E-state index in [4.69, 9.17) is 27.9 Å². The third-order valence-electron chi connectivity index (χ3n) is 3.78. The number of nitrogens with one attached hydrogen (secondary N) is 1. The van der Waals surface area contributed by atoms with Crippen molar-refractivity contribution < 1.29 is 4.74 Å². The summed E-state index contributed by atoms with van der Waals surface area (Å²) < 4.78 is 5.68. The van der Waals surface area contributed by atoms with Crippen LogP contribution in [-0.2, 0) is 4.74 Å². The van der Waals surface area contributed by atoms with Gasteiger partial charge >= 0.3 is 0 Å². The molecule has 1 aliphatic carbocycles. The molecular weight excluding hydrogens is 283 g/mol. The van der Waals surface area contributed by atoms with Crippen LogP contribution in [0.4, 0.5) is 5.69 Å². The highest BCUT2D eigenvalue weighted by molar-refractivity contribution is 6.39. The molecule has 1 N–H and O–H groups in total. The van der Waals surface area contributed by atoms with Crippen molar-refractivity contribution in [3.05, 3.63) is 28.2 Å². The number of rotatable bonds is 1. The predicted molar refractivity (Wildman–Crippen MR) is 79.2 cm³/mol. The average Bonchev–Trinajstić information content (AvgIpc) is 2.43. The van der Waals surface area contributed by atoms with Gasteiger partial charge in [0.25, 0.3) is 6.02 Å². The minimum absolute atomic E-state index is 0.381. The van der Waals surface area contributed by atoms with E-state index >= 15 is 0 Å². The minimum atomic E-state index is 0.381. The van der Waals surface area contributed by atoms with Gasteiger partial charge in [0, 0.05) is 5.92 Å². The van der Waals surface area contributed by atoms with Gasteiger partial charge in [-0.15, -0.1) is 0 Å². The summed E-state index contributed by atoms with van der Waals surface area (Å²) in [5.41, 5.74) is 0.666. The lowest BCUT2D eigenvalue weighted by molar-refractivity contribution is 0.154. The molecule has 5 heteroatoms. The molecule has 0 amide bonds. The largest absolute Gasteiger partial charge is 0.465 e. The minimum Gasteiger partial charge on any atom is -0.465 e. The number of para-hydroxylation sites is 1. The maximum absolute atomic E-state index is 6.13. The van der Waals surface area contributed by atoms with E-state index in [1.165, 1.54) is 19.3 Å². The number of ether oxygens (including phenoxy) is 1. The molecule has 1 aromatic carbocycles. The summed E-state index contributed by atoms with van der Waals surface area (Å²) in [5, 5.41) is 4.26. The van der Waals surface area contributed by atoms with Gasteiger partial charge in [-0.05, 0) is 25.0 Å². The number of hydrogen-bond acceptors (Lipinski definition) is 3. The van der Waals surface area contributed by atoms with Crippen LogP contribution in [0.1, 0.15) is 25.7 Å². The first kappa shape index (κ1) is 13.1. The molecular formula is C14H16Cl2N2O. The van der Waals surface area contributed by atoms with Gasteiger partial charge in [-0.2, -0.15) is 0 Å². The second-order valence-corrected chi connectivity index (χ2v) is 5.89. The first-order valence-electron chi connectivity index (χ1n) is 6.65. The van der Waals surface area contributed by atoms with Crippen molar-refractivity contribution in [3.8, 4) is 0 Å². The van der Waals surface area contributed by atoms with Crippen molar-refractivity contribution in [2.24, 2.45) is 10.9 Å². The highest BCUT2D eigenvalue weighted by atomic mass is 35.5. The lowest BCUT2D eigenvalue weighted by Gasteiger charge is -2.33. The van der Waals surface area contributed by atoms with E-state index in [9.17, 15) is 0 Å². The average molecular weight is 299 g/mol. The summed E-state index contributed by atoms with van der Waals surface area (Å²) in [6, 6.07) is 6.33. The van der Waals surface area contributed by atoms with Crippen molar-refractivity contribution in [3.63, 3.8) is 0 Å². The predicted octanol–water partition coefficient (Wildman–Crippen LogP) is 4.35. The Morgan fingerprint density at radius 1 is 1.16 bits per heavy atom. The Labute approximate surface area is 123 Å². The number of benzene rings is 1. The van der Waals surface area contributed by atoms with Crippen LogP contribution in [0.15, 0.2) is 23.2 Å². The number of hydrogen-bond donors (Lipinski definition) is 1. The molecule has 3 nitrogen and oxygen atoms in total. The number of amidine groups is 1. The number of anilines is 1. The Morgan fingerprint density at radius 2 is 1.89 bits per heavy atom. The van der Waals surface area contributed by atoms with Crippen molar-refractivity contribution in [1.82, 2.24) is 0 Å². The van der Waals surface area contributed by atoms with Crippen LogP contribution in [0.2, 0.25) is 10.0 Å². The van der Waals surface area contributed by atoms with E-state index in [1.807, 2.05) is 6.07 Å². The van der Waals surface area contributed by atoms with Crippen LogP contribution in [-0.4, -0.2) is 18.7 Å². The van der Waals surface area contributed by atoms with Crippen LogP contribution < -0.4 is 5.32 Å². The van der Waals surface area contributed by atoms with Crippen molar-refractivity contribution in [2.75, 3.05) is 11.9 Å². The molecule has 1 unspecified atom stereocenters. The summed E-state index contributed by atoms with van der Waals surface area (Å²) in [4.78, 5) is 4.65. The van der Waals surface area contributed by atoms with Gasteiger partial charge in [0.15, 0.2) is 0 Å². The summed E-state index contributed by atoms with van der Waals surface area (Å²) in [7, 11) is 0. The third-order valence-corrected chi connectivity index (χ3v) is 4.41. The summed E-state index contributed by atoms with van der Waals surface area (Å²) in [5.74, 6) is 0.570. The second kappa shape index (κ2) is 5.59. The quantitative estimate of drug-likeness (QED) is 0.836. The SMILES string of the molecule is Clc1cccc(Cl)c1NC1=NC2CCCC[C@@H]2CO1. The number of aliphatic imine (C=N–C) groups is 1. The van der Waals surface area contributed by atoms with E-state index in [-0.39, 0.29) is 0 Å². The highest BCUT2D eigenvalue weighted by Crippen LogP contribution is 2.33. The molecule has 0 spiro atoms. The fourth-order valence-electron chi connectivity index (χ4n) is 2.72. The molecule has 1 heterocycles. The van der Waals surface area contributed by atoms with E-state index in [2.05, 4.69) is 10.3 Å². The van der Waals surface area contributed by atoms with Gasteiger partial charge in [-0.1, -0.05) is 42.1 Å². The maximum Gasteiger partial charge on any atom is 0.289 e. The highest BCUT2D eigenvalue weighted by Gasteiger charge is 2.30. The molecule has 0 radical (unpaired) electrons. The molecule has 1 saturated carbocycles. The summed E-state index contributed by atoms with van der Waals surface area (Å²) in [6.45, 7) is 0.735. The van der Waals surface area contributed by atoms with Crippen molar-refractivity contribution >= 4 is 34.9 Å². The lowest BCUT2D eigenvalue weighted by Crippen LogP contribution is -2.36. The summed E-state index contributed by atoms with van der Waals surface area (Å²) >= 11 is 12.3. The molecule has 102 valence electrons. The van der Waals surface area contributed by atoms with Crippen LogP contribution in [0.3, 0.4) is 0 Å². The van der Waals surface area contributed by atoms with Gasteiger partial charge in [0.1, 0.15) is 0 Å². The van der Waals surface area contributed by atoms with Crippen LogP contribution in [0.5, 0.6) is 0 Å². The maximum atomic E-state index is 6.13. The second-order valence-electron chi connectivity index (χ2n) is 5.08. The van der Waals surface area contributed by atoms with Crippen LogP contribution >= 0.6 is 23.2 Å². The molecule has 0 bridgehead atoms. The lowest BCUT2D eigenvalue weighted by atomic mass is 9.85. The molecule has 0 aromatic heterocycles. The Bertz CT molecular complexity index is 484. The molecule has 2 aliphatic rings. The molecule has 3 rings (SSSR count). The standard InChI is InChI=1S/C14H16Cl2N2O/c15-10-5-3-6-11(16)13(10)18-14-17-12-7-2-1-4-9(12)8-19-14/h3,5-6,9,12H,1-2,4,7-8H2,(H,17,18)/t9-,12?/m1/s1. The fourth-order valence-corrected chi connectivity index (χ4v) is 3.21. The van der Waals surface area contributed by atoms with E-state index < -0.39 is 0 Å². The third kappa shape index (κ3) is 2.82. The topological polar surface area (TPSA) is 33.6 Å². The van der Waals surface area contributed by atoms with E-state index in [1.54, 1.807) is 12.1 Å². The molecule has 0 saturated heterocycles. The number of halogens is 2.